The van der Waals surface area contributed by atoms with Crippen LogP contribution in [0.15, 0.2) is 39.3 Å². The molecule has 1 atom stereocenters. The molecule has 2 nitrogen and oxygen atoms in total. The van der Waals surface area contributed by atoms with Crippen LogP contribution in [-0.4, -0.2) is 14.2 Å². The summed E-state index contributed by atoms with van der Waals surface area (Å²) in [6.45, 7) is 0. The monoisotopic (exact) mass is 480 g/mol. The Morgan fingerprint density at radius 3 is 2.29 bits per heavy atom. The number of rotatable bonds is 4. The van der Waals surface area contributed by atoms with E-state index in [1.165, 1.54) is 6.07 Å². The van der Waals surface area contributed by atoms with Crippen molar-refractivity contribution < 1.29 is 13.9 Å². The topological polar surface area (TPSA) is 18.5 Å². The number of benzene rings is 2. The summed E-state index contributed by atoms with van der Waals surface area (Å²) >= 11 is 10.4. The molecule has 0 N–H and O–H groups in total. The molecule has 0 amide bonds. The fourth-order valence-electron chi connectivity index (χ4n) is 2.00. The number of hydrogen-bond acceptors (Lipinski definition) is 2. The van der Waals surface area contributed by atoms with Crippen LogP contribution in [0, 0.1) is 5.82 Å². The second-order valence-corrected chi connectivity index (χ2v) is 6.71. The lowest BCUT2D eigenvalue weighted by molar-refractivity contribution is 0.386. The maximum atomic E-state index is 13.7. The summed E-state index contributed by atoms with van der Waals surface area (Å²) in [7, 11) is 3.18. The van der Waals surface area contributed by atoms with E-state index in [2.05, 4.69) is 47.8 Å². The Hall–Kier alpha value is -0.590. The van der Waals surface area contributed by atoms with E-state index < -0.39 is 0 Å². The molecule has 0 aliphatic heterocycles. The van der Waals surface area contributed by atoms with Gasteiger partial charge in [0.25, 0.3) is 0 Å². The van der Waals surface area contributed by atoms with Crippen LogP contribution in [0.2, 0.25) is 0 Å². The molecule has 0 saturated heterocycles. The van der Waals surface area contributed by atoms with Crippen LogP contribution in [0.4, 0.5) is 4.39 Å². The molecule has 0 spiro atoms. The number of halogens is 4. The first-order valence-electron chi connectivity index (χ1n) is 5.99. The Bertz CT molecular complexity index is 662. The van der Waals surface area contributed by atoms with Crippen molar-refractivity contribution in [3.63, 3.8) is 0 Å². The van der Waals surface area contributed by atoms with Crippen molar-refractivity contribution >= 4 is 47.8 Å². The van der Waals surface area contributed by atoms with Gasteiger partial charge in [0.15, 0.2) is 0 Å². The minimum absolute atomic E-state index is 0.222. The van der Waals surface area contributed by atoms with Crippen LogP contribution >= 0.6 is 47.8 Å². The highest BCUT2D eigenvalue weighted by Gasteiger charge is 2.22. The molecular formula is C15H12Br3FO2. The summed E-state index contributed by atoms with van der Waals surface area (Å²) in [5.41, 5.74) is 1.65. The summed E-state index contributed by atoms with van der Waals surface area (Å²) < 4.78 is 25.6. The summed E-state index contributed by atoms with van der Waals surface area (Å²) in [5.74, 6) is 1.02. The molecule has 6 heteroatoms. The first kappa shape index (κ1) is 16.8. The Kier molecular flexibility index (Phi) is 5.68. The van der Waals surface area contributed by atoms with Crippen molar-refractivity contribution in [1.29, 1.82) is 0 Å². The van der Waals surface area contributed by atoms with Gasteiger partial charge in [0.2, 0.25) is 0 Å². The van der Waals surface area contributed by atoms with Gasteiger partial charge in [0.1, 0.15) is 21.8 Å². The maximum Gasteiger partial charge on any atom is 0.141 e. The predicted molar refractivity (Wildman–Crippen MR) is 92.1 cm³/mol. The molecule has 112 valence electrons. The van der Waals surface area contributed by atoms with Gasteiger partial charge in [-0.2, -0.15) is 0 Å². The lowest BCUT2D eigenvalue weighted by Gasteiger charge is -2.18. The first-order chi connectivity index (χ1) is 10.0. The summed E-state index contributed by atoms with van der Waals surface area (Å²) in [6, 6.07) is 8.66. The number of hydrogen-bond donors (Lipinski definition) is 0. The van der Waals surface area contributed by atoms with Gasteiger partial charge in [-0.05, 0) is 49.6 Å². The van der Waals surface area contributed by atoms with Crippen molar-refractivity contribution in [2.45, 2.75) is 4.83 Å². The lowest BCUT2D eigenvalue weighted by atomic mass is 10.0. The van der Waals surface area contributed by atoms with Gasteiger partial charge in [-0.3, -0.25) is 0 Å². The van der Waals surface area contributed by atoms with Crippen LogP contribution in [0.25, 0.3) is 0 Å². The van der Waals surface area contributed by atoms with Gasteiger partial charge in [-0.1, -0.05) is 34.1 Å². The zero-order valence-corrected chi connectivity index (χ0v) is 16.1. The number of alkyl halides is 1. The molecule has 0 aromatic heterocycles. The Morgan fingerprint density at radius 1 is 0.952 bits per heavy atom. The van der Waals surface area contributed by atoms with Crippen LogP contribution < -0.4 is 9.47 Å². The number of methoxy groups -OCH3 is 2. The van der Waals surface area contributed by atoms with E-state index in [9.17, 15) is 4.39 Å². The third-order valence-corrected chi connectivity index (χ3v) is 5.62. The highest BCUT2D eigenvalue weighted by molar-refractivity contribution is 9.11. The Balaban J connectivity index is 2.56. The van der Waals surface area contributed by atoms with E-state index in [0.717, 1.165) is 15.6 Å². The second-order valence-electron chi connectivity index (χ2n) is 4.21. The van der Waals surface area contributed by atoms with E-state index in [1.807, 2.05) is 18.2 Å². The van der Waals surface area contributed by atoms with Crippen LogP contribution in [0.5, 0.6) is 11.5 Å². The smallest absolute Gasteiger partial charge is 0.141 e. The fourth-order valence-corrected chi connectivity index (χ4v) is 4.23. The van der Waals surface area contributed by atoms with Crippen LogP contribution in [0.3, 0.4) is 0 Å². The maximum absolute atomic E-state index is 13.7. The molecule has 0 fully saturated rings. The molecule has 2 aromatic rings. The van der Waals surface area contributed by atoms with Crippen molar-refractivity contribution in [1.82, 2.24) is 0 Å². The molecule has 0 aliphatic rings. The third-order valence-electron chi connectivity index (χ3n) is 3.04. The normalized spacial score (nSPS) is 12.1. The second kappa shape index (κ2) is 7.11. The van der Waals surface area contributed by atoms with Crippen molar-refractivity contribution in [3.05, 3.63) is 56.2 Å². The van der Waals surface area contributed by atoms with Gasteiger partial charge < -0.3 is 9.47 Å². The molecule has 0 saturated carbocycles. The van der Waals surface area contributed by atoms with E-state index in [0.29, 0.717) is 16.0 Å². The number of ether oxygens (including phenoxy) is 2. The summed E-state index contributed by atoms with van der Waals surface area (Å²) in [5, 5.41) is 0. The minimum Gasteiger partial charge on any atom is -0.495 e. The predicted octanol–water partition coefficient (Wildman–Crippen LogP) is 5.85. The van der Waals surface area contributed by atoms with Gasteiger partial charge in [0, 0.05) is 5.56 Å². The average Bonchev–Trinajstić information content (AvgIpc) is 2.49. The molecule has 1 unspecified atom stereocenters. The molecule has 2 rings (SSSR count). The highest BCUT2D eigenvalue weighted by Crippen LogP contribution is 2.45. The Morgan fingerprint density at radius 2 is 1.67 bits per heavy atom. The van der Waals surface area contributed by atoms with E-state index in [1.54, 1.807) is 20.3 Å². The van der Waals surface area contributed by atoms with Gasteiger partial charge >= 0.3 is 0 Å². The van der Waals surface area contributed by atoms with Crippen LogP contribution in [-0.2, 0) is 0 Å². The third kappa shape index (κ3) is 3.27. The van der Waals surface area contributed by atoms with Gasteiger partial charge in [-0.25, -0.2) is 4.39 Å². The molecule has 0 bridgehead atoms. The molecular weight excluding hydrogens is 471 g/mol. The molecule has 0 heterocycles. The summed E-state index contributed by atoms with van der Waals surface area (Å²) in [6.07, 6.45) is 0. The van der Waals surface area contributed by atoms with E-state index >= 15 is 0 Å². The van der Waals surface area contributed by atoms with Crippen molar-refractivity contribution in [2.75, 3.05) is 14.2 Å². The van der Waals surface area contributed by atoms with Crippen molar-refractivity contribution in [2.24, 2.45) is 0 Å². The first-order valence-corrected chi connectivity index (χ1v) is 8.49. The van der Waals surface area contributed by atoms with E-state index in [4.69, 9.17) is 9.47 Å². The molecule has 21 heavy (non-hydrogen) atoms. The SMILES string of the molecule is COc1ccc(C(Br)c2cccc(F)c2Br)c(OC)c1Br. The Labute approximate surface area is 148 Å². The molecule has 2 aromatic carbocycles. The van der Waals surface area contributed by atoms with Crippen LogP contribution in [0.1, 0.15) is 16.0 Å². The highest BCUT2D eigenvalue weighted by atomic mass is 79.9. The van der Waals surface area contributed by atoms with E-state index in [-0.39, 0.29) is 10.6 Å². The fraction of sp³-hybridized carbons (Fsp3) is 0.200. The van der Waals surface area contributed by atoms with Crippen molar-refractivity contribution in [3.8, 4) is 11.5 Å². The quantitative estimate of drug-likeness (QED) is 0.509. The zero-order chi connectivity index (χ0) is 15.6. The lowest BCUT2D eigenvalue weighted by Crippen LogP contribution is -2.01. The minimum atomic E-state index is -0.302. The van der Waals surface area contributed by atoms with Gasteiger partial charge in [-0.15, -0.1) is 0 Å². The molecule has 0 aliphatic carbocycles. The largest absolute Gasteiger partial charge is 0.495 e. The summed E-state index contributed by atoms with van der Waals surface area (Å²) in [4.78, 5) is -0.222. The van der Waals surface area contributed by atoms with Gasteiger partial charge in [0.05, 0.1) is 23.5 Å². The average molecular weight is 483 g/mol. The zero-order valence-electron chi connectivity index (χ0n) is 11.3. The molecule has 0 radical (unpaired) electrons. The standard InChI is InChI=1S/C15H12Br3FO2/c1-20-11-7-6-9(15(21-2)14(11)18)12(16)8-4-3-5-10(19)13(8)17/h3-7,12H,1-2H3.